The Morgan fingerprint density at radius 1 is 1.09 bits per heavy atom. The van der Waals surface area contributed by atoms with Crippen molar-refractivity contribution in [3.63, 3.8) is 0 Å². The summed E-state index contributed by atoms with van der Waals surface area (Å²) in [5.74, 6) is -1.16. The third kappa shape index (κ3) is 7.05. The van der Waals surface area contributed by atoms with Crippen molar-refractivity contribution in [3.8, 4) is 22.7 Å². The van der Waals surface area contributed by atoms with Crippen LogP contribution in [-0.2, 0) is 27.2 Å². The van der Waals surface area contributed by atoms with Crippen molar-refractivity contribution in [1.82, 2.24) is 15.2 Å². The largest absolute Gasteiger partial charge is 0.494 e. The molecule has 2 aromatic heterocycles. The molecule has 0 unspecified atom stereocenters. The van der Waals surface area contributed by atoms with Gasteiger partial charge in [-0.15, -0.1) is 11.3 Å². The Hall–Kier alpha value is -4.77. The molecule has 2 aromatic carbocycles. The summed E-state index contributed by atoms with van der Waals surface area (Å²) in [6, 6.07) is 17.2. The first-order chi connectivity index (χ1) is 21.4. The van der Waals surface area contributed by atoms with E-state index >= 15 is 0 Å². The van der Waals surface area contributed by atoms with E-state index in [0.29, 0.717) is 34.3 Å². The quantitative estimate of drug-likeness (QED) is 0.101. The highest BCUT2D eigenvalue weighted by atomic mass is 32.1. The second-order valence-corrected chi connectivity index (χ2v) is 11.6. The number of anilines is 1. The van der Waals surface area contributed by atoms with Gasteiger partial charge in [0.1, 0.15) is 16.4 Å². The summed E-state index contributed by atoms with van der Waals surface area (Å²) in [5.41, 5.74) is 6.48. The molecule has 5 rings (SSSR count). The first kappa shape index (κ1) is 30.7. The van der Waals surface area contributed by atoms with E-state index in [4.69, 9.17) is 14.6 Å². The molecule has 4 aromatic rings. The van der Waals surface area contributed by atoms with Crippen LogP contribution in [0.1, 0.15) is 60.0 Å². The van der Waals surface area contributed by atoms with Gasteiger partial charge in [-0.1, -0.05) is 32.0 Å². The number of carbonyl (C=O) groups excluding carboxylic acids is 3. The first-order valence-electron chi connectivity index (χ1n) is 14.7. The number of para-hydroxylation sites is 1. The van der Waals surface area contributed by atoms with Gasteiger partial charge in [-0.25, -0.2) is 14.9 Å². The lowest BCUT2D eigenvalue weighted by molar-refractivity contribution is -0.136. The lowest BCUT2D eigenvalue weighted by atomic mass is 9.88. The van der Waals surface area contributed by atoms with Crippen molar-refractivity contribution in [1.29, 1.82) is 0 Å². The SMILES string of the molecule is CCCOc1ccc(-c2nn(-c3ccccc3)cc2/C=N\NC(=O)C(=O)Nc2sc3c(c2C(=O)OCC)CC[C@@H](C)C3)cc1. The fourth-order valence-electron chi connectivity index (χ4n) is 4.98. The number of fused-ring (bicyclic) bond motifs is 1. The molecule has 11 heteroatoms. The topological polar surface area (TPSA) is 124 Å². The van der Waals surface area contributed by atoms with E-state index in [2.05, 4.69) is 29.7 Å². The van der Waals surface area contributed by atoms with Gasteiger partial charge < -0.3 is 14.8 Å². The number of rotatable bonds is 10. The third-order valence-electron chi connectivity index (χ3n) is 7.16. The van der Waals surface area contributed by atoms with E-state index in [9.17, 15) is 14.4 Å². The number of aromatic nitrogens is 2. The minimum Gasteiger partial charge on any atom is -0.494 e. The number of ether oxygens (including phenoxy) is 2. The number of hydrazone groups is 1. The molecule has 0 aliphatic heterocycles. The smallest absolute Gasteiger partial charge is 0.341 e. The molecule has 10 nitrogen and oxygen atoms in total. The van der Waals surface area contributed by atoms with E-state index in [0.717, 1.165) is 53.1 Å². The zero-order valence-corrected chi connectivity index (χ0v) is 25.8. The molecule has 2 heterocycles. The van der Waals surface area contributed by atoms with Crippen LogP contribution in [0.25, 0.3) is 16.9 Å². The summed E-state index contributed by atoms with van der Waals surface area (Å²) in [4.78, 5) is 39.4. The van der Waals surface area contributed by atoms with Gasteiger partial charge in [0.05, 0.1) is 30.7 Å². The number of hydrogen-bond acceptors (Lipinski definition) is 8. The van der Waals surface area contributed by atoms with Gasteiger partial charge in [-0.2, -0.15) is 10.2 Å². The highest BCUT2D eigenvalue weighted by Crippen LogP contribution is 2.40. The van der Waals surface area contributed by atoms with Crippen LogP contribution in [0.2, 0.25) is 0 Å². The molecule has 0 fully saturated rings. The average molecular weight is 614 g/mol. The Labute approximate surface area is 260 Å². The van der Waals surface area contributed by atoms with E-state index in [-0.39, 0.29) is 6.61 Å². The summed E-state index contributed by atoms with van der Waals surface area (Å²) in [6.07, 6.45) is 6.63. The zero-order chi connectivity index (χ0) is 31.1. The van der Waals surface area contributed by atoms with Gasteiger partial charge in [0.2, 0.25) is 0 Å². The third-order valence-corrected chi connectivity index (χ3v) is 8.33. The van der Waals surface area contributed by atoms with Crippen molar-refractivity contribution in [2.45, 2.75) is 46.5 Å². The summed E-state index contributed by atoms with van der Waals surface area (Å²) >= 11 is 1.32. The summed E-state index contributed by atoms with van der Waals surface area (Å²) < 4.78 is 12.7. The minimum atomic E-state index is -0.967. The summed E-state index contributed by atoms with van der Waals surface area (Å²) in [6.45, 7) is 6.78. The minimum absolute atomic E-state index is 0.210. The van der Waals surface area contributed by atoms with Crippen molar-refractivity contribution < 1.29 is 23.9 Å². The number of nitrogens with zero attached hydrogens (tertiary/aromatic N) is 3. The van der Waals surface area contributed by atoms with Crippen molar-refractivity contribution in [2.24, 2.45) is 11.0 Å². The molecule has 0 saturated heterocycles. The van der Waals surface area contributed by atoms with Crippen LogP contribution in [-0.4, -0.2) is 47.0 Å². The molecule has 1 aliphatic rings. The van der Waals surface area contributed by atoms with Crippen molar-refractivity contribution in [3.05, 3.63) is 82.4 Å². The standard InChI is InChI=1S/C33H35N5O5S/c1-4-17-43-25-14-12-22(13-15-25)29-23(20-38(37-29)24-9-7-6-8-10-24)19-34-36-31(40)30(39)35-32-28(33(41)42-5-2)26-16-11-21(3)18-27(26)44-32/h6-10,12-15,19-21H,4-5,11,16-18H2,1-3H3,(H,35,39)(H,36,40)/b34-19-/t21-/m1/s1. The van der Waals surface area contributed by atoms with Crippen LogP contribution in [0.5, 0.6) is 5.75 Å². The second kappa shape index (κ2) is 14.1. The lowest BCUT2D eigenvalue weighted by Crippen LogP contribution is -2.32. The molecule has 0 spiro atoms. The molecule has 1 aliphatic carbocycles. The predicted molar refractivity (Wildman–Crippen MR) is 171 cm³/mol. The molecule has 0 radical (unpaired) electrons. The maximum absolute atomic E-state index is 12.9. The van der Waals surface area contributed by atoms with Gasteiger partial charge in [0.25, 0.3) is 0 Å². The summed E-state index contributed by atoms with van der Waals surface area (Å²) in [7, 11) is 0. The number of hydrogen-bond donors (Lipinski definition) is 2. The maximum Gasteiger partial charge on any atom is 0.341 e. The molecule has 228 valence electrons. The zero-order valence-electron chi connectivity index (χ0n) is 25.0. The van der Waals surface area contributed by atoms with Gasteiger partial charge in [0.15, 0.2) is 0 Å². The number of nitrogens with one attached hydrogen (secondary N) is 2. The van der Waals surface area contributed by atoms with E-state index in [1.807, 2.05) is 54.6 Å². The number of benzene rings is 2. The molecule has 2 amide bonds. The van der Waals surface area contributed by atoms with E-state index < -0.39 is 17.8 Å². The first-order valence-corrected chi connectivity index (χ1v) is 15.5. The fourth-order valence-corrected chi connectivity index (χ4v) is 6.37. The molecule has 44 heavy (non-hydrogen) atoms. The highest BCUT2D eigenvalue weighted by Gasteiger charge is 2.30. The van der Waals surface area contributed by atoms with Gasteiger partial charge >= 0.3 is 17.8 Å². The highest BCUT2D eigenvalue weighted by molar-refractivity contribution is 7.17. The van der Waals surface area contributed by atoms with Crippen LogP contribution in [0, 0.1) is 5.92 Å². The van der Waals surface area contributed by atoms with Gasteiger partial charge in [0, 0.05) is 22.2 Å². The molecule has 0 saturated carbocycles. The lowest BCUT2D eigenvalue weighted by Gasteiger charge is -2.18. The molecule has 2 N–H and O–H groups in total. The summed E-state index contributed by atoms with van der Waals surface area (Å²) in [5, 5.41) is 11.8. The van der Waals surface area contributed by atoms with Gasteiger partial charge in [-0.05, 0) is 80.5 Å². The number of amides is 2. The van der Waals surface area contributed by atoms with E-state index in [1.54, 1.807) is 17.8 Å². The molecular weight excluding hydrogens is 578 g/mol. The Kier molecular flexibility index (Phi) is 9.86. The normalized spacial score (nSPS) is 14.2. The second-order valence-electron chi connectivity index (χ2n) is 10.5. The number of carbonyl (C=O) groups is 3. The Morgan fingerprint density at radius 2 is 1.86 bits per heavy atom. The monoisotopic (exact) mass is 613 g/mol. The van der Waals surface area contributed by atoms with Crippen LogP contribution in [0.15, 0.2) is 65.9 Å². The van der Waals surface area contributed by atoms with Crippen LogP contribution < -0.4 is 15.5 Å². The predicted octanol–water partition coefficient (Wildman–Crippen LogP) is 5.78. The average Bonchev–Trinajstić information content (AvgIpc) is 3.61. The van der Waals surface area contributed by atoms with Crippen molar-refractivity contribution in [2.75, 3.05) is 18.5 Å². The molecule has 1 atom stereocenters. The van der Waals surface area contributed by atoms with Crippen LogP contribution in [0.4, 0.5) is 5.00 Å². The number of esters is 1. The molecule has 0 bridgehead atoms. The van der Waals surface area contributed by atoms with Crippen LogP contribution in [0.3, 0.4) is 0 Å². The van der Waals surface area contributed by atoms with Gasteiger partial charge in [-0.3, -0.25) is 9.59 Å². The fraction of sp³-hybridized carbons (Fsp3) is 0.303. The Balaban J connectivity index is 1.33. The van der Waals surface area contributed by atoms with Crippen LogP contribution >= 0.6 is 11.3 Å². The molecular formula is C33H35N5O5S. The Morgan fingerprint density at radius 3 is 2.59 bits per heavy atom. The van der Waals surface area contributed by atoms with Crippen molar-refractivity contribution >= 4 is 40.3 Å². The Bertz CT molecular complexity index is 1660. The maximum atomic E-state index is 12.9. The van der Waals surface area contributed by atoms with E-state index in [1.165, 1.54) is 17.6 Å². The number of thiophene rings is 1.